The lowest BCUT2D eigenvalue weighted by molar-refractivity contribution is -0.136. The molecule has 0 heterocycles. The van der Waals surface area contributed by atoms with Crippen molar-refractivity contribution < 1.29 is 19.0 Å². The number of hydrogen-bond donors (Lipinski definition) is 1. The van der Waals surface area contributed by atoms with Crippen LogP contribution in [0.5, 0.6) is 11.5 Å². The van der Waals surface area contributed by atoms with E-state index in [-0.39, 0.29) is 12.2 Å². The highest BCUT2D eigenvalue weighted by atomic mass is 35.5. The Morgan fingerprint density at radius 1 is 1.00 bits per heavy atom. The number of fused-ring (bicyclic) bond motifs is 1. The summed E-state index contributed by atoms with van der Waals surface area (Å²) in [7, 11) is 0. The molecule has 0 aliphatic rings. The molecule has 4 aromatic carbocycles. The molecule has 0 fully saturated rings. The minimum Gasteiger partial charge on any atom is -0.481 e. The molecule has 0 amide bonds. The lowest BCUT2D eigenvalue weighted by atomic mass is 9.98. The molecule has 0 saturated heterocycles. The minimum absolute atomic E-state index is 0.133. The number of hydrogen-bond acceptors (Lipinski definition) is 3. The zero-order valence-corrected chi connectivity index (χ0v) is 18.1. The predicted octanol–water partition coefficient (Wildman–Crippen LogP) is 7.51. The van der Waals surface area contributed by atoms with Crippen molar-refractivity contribution in [3.63, 3.8) is 0 Å². The van der Waals surface area contributed by atoms with Gasteiger partial charge in [-0.25, -0.2) is 4.39 Å². The maximum absolute atomic E-state index is 13.9. The van der Waals surface area contributed by atoms with Gasteiger partial charge >= 0.3 is 5.97 Å². The third-order valence-corrected chi connectivity index (χ3v) is 6.11. The third kappa shape index (κ3) is 5.01. The number of benzene rings is 4. The van der Waals surface area contributed by atoms with Gasteiger partial charge in [-0.3, -0.25) is 4.79 Å². The molecule has 4 aromatic rings. The first-order chi connectivity index (χ1) is 14.9. The number of rotatable bonds is 6. The number of ether oxygens (including phenoxy) is 1. The number of carboxylic acids is 1. The second kappa shape index (κ2) is 9.00. The fourth-order valence-corrected chi connectivity index (χ4v) is 4.25. The smallest absolute Gasteiger partial charge is 0.307 e. The van der Waals surface area contributed by atoms with Crippen LogP contribution in [0.25, 0.3) is 10.8 Å². The predicted molar refractivity (Wildman–Crippen MR) is 122 cm³/mol. The zero-order valence-electron chi connectivity index (χ0n) is 16.6. The SMILES string of the molecule is Cc1c(CC(=O)O)cc2ccc(F)cc2c1Oc1ccc(Sc2ccc(Cl)cc2)cc1. The highest BCUT2D eigenvalue weighted by Gasteiger charge is 2.15. The number of carbonyl (C=O) groups is 1. The van der Waals surface area contributed by atoms with Crippen LogP contribution in [-0.2, 0) is 11.2 Å². The van der Waals surface area contributed by atoms with Crippen LogP contribution in [0.15, 0.2) is 82.6 Å². The van der Waals surface area contributed by atoms with Gasteiger partial charge in [-0.15, -0.1) is 0 Å². The molecule has 0 aliphatic carbocycles. The topological polar surface area (TPSA) is 46.5 Å². The second-order valence-electron chi connectivity index (χ2n) is 7.06. The Kier molecular flexibility index (Phi) is 6.16. The van der Waals surface area contributed by atoms with E-state index in [1.807, 2.05) is 48.5 Å². The van der Waals surface area contributed by atoms with Crippen LogP contribution in [0.2, 0.25) is 5.02 Å². The van der Waals surface area contributed by atoms with E-state index in [0.717, 1.165) is 15.2 Å². The molecule has 156 valence electrons. The van der Waals surface area contributed by atoms with E-state index >= 15 is 0 Å². The van der Waals surface area contributed by atoms with Gasteiger partial charge in [-0.2, -0.15) is 0 Å². The summed E-state index contributed by atoms with van der Waals surface area (Å²) in [5, 5.41) is 11.3. The molecule has 6 heteroatoms. The van der Waals surface area contributed by atoms with Crippen molar-refractivity contribution in [1.29, 1.82) is 0 Å². The zero-order chi connectivity index (χ0) is 22.0. The Balaban J connectivity index is 1.65. The van der Waals surface area contributed by atoms with E-state index in [1.54, 1.807) is 30.8 Å². The molecule has 0 unspecified atom stereocenters. The largest absolute Gasteiger partial charge is 0.481 e. The van der Waals surface area contributed by atoms with Crippen LogP contribution in [0.1, 0.15) is 11.1 Å². The Morgan fingerprint density at radius 3 is 2.29 bits per heavy atom. The van der Waals surface area contributed by atoms with Gasteiger partial charge in [0.1, 0.15) is 17.3 Å². The first kappa shape index (κ1) is 21.2. The van der Waals surface area contributed by atoms with Crippen molar-refractivity contribution in [1.82, 2.24) is 0 Å². The van der Waals surface area contributed by atoms with Crippen molar-refractivity contribution in [2.75, 3.05) is 0 Å². The summed E-state index contributed by atoms with van der Waals surface area (Å²) in [5.41, 5.74) is 1.32. The van der Waals surface area contributed by atoms with E-state index in [1.165, 1.54) is 12.1 Å². The van der Waals surface area contributed by atoms with E-state index in [9.17, 15) is 14.3 Å². The Hall–Kier alpha value is -3.02. The molecule has 31 heavy (non-hydrogen) atoms. The maximum atomic E-state index is 13.9. The van der Waals surface area contributed by atoms with Crippen molar-refractivity contribution >= 4 is 40.1 Å². The van der Waals surface area contributed by atoms with Gasteiger partial charge in [0, 0.05) is 20.2 Å². The molecular formula is C25H18ClFO3S. The number of aliphatic carboxylic acids is 1. The molecule has 0 spiro atoms. The molecule has 0 bridgehead atoms. The quantitative estimate of drug-likeness (QED) is 0.328. The highest BCUT2D eigenvalue weighted by molar-refractivity contribution is 7.99. The standard InChI is InChI=1S/C25H18ClFO3S/c1-15-17(13-24(28)29)12-16-2-5-19(27)14-23(16)25(15)30-20-6-10-22(11-7-20)31-21-8-3-18(26)4-9-21/h2-12,14H,13H2,1H3,(H,28,29). The van der Waals surface area contributed by atoms with Crippen LogP contribution in [0.3, 0.4) is 0 Å². The van der Waals surface area contributed by atoms with Gasteiger partial charge in [0.25, 0.3) is 0 Å². The normalized spacial score (nSPS) is 10.9. The van der Waals surface area contributed by atoms with Crippen LogP contribution in [0.4, 0.5) is 4.39 Å². The summed E-state index contributed by atoms with van der Waals surface area (Å²) in [5.74, 6) is -0.260. The number of carboxylic acid groups (broad SMARTS) is 1. The molecular weight excluding hydrogens is 435 g/mol. The summed E-state index contributed by atoms with van der Waals surface area (Å²) in [4.78, 5) is 13.4. The fraction of sp³-hybridized carbons (Fsp3) is 0.0800. The molecule has 0 aliphatic heterocycles. The average molecular weight is 453 g/mol. The summed E-state index contributed by atoms with van der Waals surface area (Å²) in [6.07, 6.45) is -0.133. The van der Waals surface area contributed by atoms with E-state index in [0.29, 0.717) is 33.0 Å². The maximum Gasteiger partial charge on any atom is 0.307 e. The first-order valence-corrected chi connectivity index (χ1v) is 10.7. The van der Waals surface area contributed by atoms with E-state index in [2.05, 4.69) is 0 Å². The fourth-order valence-electron chi connectivity index (χ4n) is 3.31. The Labute approximate surface area is 188 Å². The van der Waals surface area contributed by atoms with Crippen LogP contribution in [-0.4, -0.2) is 11.1 Å². The van der Waals surface area contributed by atoms with Crippen LogP contribution < -0.4 is 4.74 Å². The third-order valence-electron chi connectivity index (χ3n) is 4.85. The van der Waals surface area contributed by atoms with Crippen LogP contribution in [0, 0.1) is 12.7 Å². The summed E-state index contributed by atoms with van der Waals surface area (Å²) in [6, 6.07) is 21.3. The van der Waals surface area contributed by atoms with E-state index in [4.69, 9.17) is 16.3 Å². The number of halogens is 2. The van der Waals surface area contributed by atoms with Gasteiger partial charge < -0.3 is 9.84 Å². The monoisotopic (exact) mass is 452 g/mol. The summed E-state index contributed by atoms with van der Waals surface area (Å²) < 4.78 is 20.1. The van der Waals surface area contributed by atoms with Gasteiger partial charge in [-0.05, 0) is 84.1 Å². The molecule has 1 N–H and O–H groups in total. The van der Waals surface area contributed by atoms with Crippen molar-refractivity contribution in [3.05, 3.63) is 94.8 Å². The summed E-state index contributed by atoms with van der Waals surface area (Å²) in [6.45, 7) is 1.79. The van der Waals surface area contributed by atoms with Crippen molar-refractivity contribution in [3.8, 4) is 11.5 Å². The van der Waals surface area contributed by atoms with Gasteiger partial charge in [-0.1, -0.05) is 35.5 Å². The average Bonchev–Trinajstić information content (AvgIpc) is 2.74. The van der Waals surface area contributed by atoms with Crippen molar-refractivity contribution in [2.24, 2.45) is 0 Å². The summed E-state index contributed by atoms with van der Waals surface area (Å²) >= 11 is 7.53. The Bertz CT molecular complexity index is 1250. The van der Waals surface area contributed by atoms with Gasteiger partial charge in [0.15, 0.2) is 0 Å². The minimum atomic E-state index is -0.931. The molecule has 0 aromatic heterocycles. The highest BCUT2D eigenvalue weighted by Crippen LogP contribution is 2.37. The van der Waals surface area contributed by atoms with E-state index < -0.39 is 5.97 Å². The van der Waals surface area contributed by atoms with Crippen molar-refractivity contribution in [2.45, 2.75) is 23.1 Å². The molecule has 4 rings (SSSR count). The molecule has 3 nitrogen and oxygen atoms in total. The molecule has 0 saturated carbocycles. The Morgan fingerprint density at radius 2 is 1.65 bits per heavy atom. The first-order valence-electron chi connectivity index (χ1n) is 9.54. The van der Waals surface area contributed by atoms with Crippen LogP contribution >= 0.6 is 23.4 Å². The van der Waals surface area contributed by atoms with Gasteiger partial charge in [0.2, 0.25) is 0 Å². The lowest BCUT2D eigenvalue weighted by Gasteiger charge is -2.16. The lowest BCUT2D eigenvalue weighted by Crippen LogP contribution is -2.03. The molecule has 0 atom stereocenters. The second-order valence-corrected chi connectivity index (χ2v) is 8.64. The molecule has 0 radical (unpaired) electrons. The van der Waals surface area contributed by atoms with Gasteiger partial charge in [0.05, 0.1) is 6.42 Å².